The first kappa shape index (κ1) is 28.9. The van der Waals surface area contributed by atoms with E-state index in [9.17, 15) is 24.5 Å². The largest absolute Gasteiger partial charge is 0.444 e. The van der Waals surface area contributed by atoms with Crippen LogP contribution in [0.4, 0.5) is 16.2 Å². The van der Waals surface area contributed by atoms with E-state index < -0.39 is 34.5 Å². The summed E-state index contributed by atoms with van der Waals surface area (Å²) < 4.78 is 10.8. The summed E-state index contributed by atoms with van der Waals surface area (Å²) in [4.78, 5) is 48.6. The highest BCUT2D eigenvalue weighted by Crippen LogP contribution is 2.29. The van der Waals surface area contributed by atoms with E-state index in [1.54, 1.807) is 27.7 Å². The van der Waals surface area contributed by atoms with Crippen molar-refractivity contribution in [3.05, 3.63) is 62.1 Å². The van der Waals surface area contributed by atoms with Crippen LogP contribution in [0, 0.1) is 16.0 Å². The number of rotatable bonds is 8. The van der Waals surface area contributed by atoms with Crippen LogP contribution in [0.1, 0.15) is 51.4 Å². The monoisotopic (exact) mass is 539 g/mol. The molecule has 0 heterocycles. The highest BCUT2D eigenvalue weighted by molar-refractivity contribution is 6.34. The quantitative estimate of drug-likeness (QED) is 0.181. The SMILES string of the molecule is CC[C@H](C)[C@H](NC(=O)OC(C)(C)C)C(=O)Oc1ccc(Cl)cc1C(=O)Nc1ccc([N+](=O)[O-])cc1Cl. The summed E-state index contributed by atoms with van der Waals surface area (Å²) in [5.74, 6) is -1.95. The van der Waals surface area contributed by atoms with Gasteiger partial charge in [-0.25, -0.2) is 9.59 Å². The number of hydrogen-bond acceptors (Lipinski definition) is 7. The summed E-state index contributed by atoms with van der Waals surface area (Å²) in [6.45, 7) is 8.68. The van der Waals surface area contributed by atoms with Crippen LogP contribution in [0.3, 0.4) is 0 Å². The molecule has 2 N–H and O–H groups in total. The zero-order chi connectivity index (χ0) is 27.2. The standard InChI is InChI=1S/C24H27Cl2N3O7/c1-6-13(2)20(28-23(32)36-24(3,4)5)22(31)35-19-10-7-14(25)11-16(19)21(30)27-18-9-8-15(29(33)34)12-17(18)26/h7-13,20H,6H2,1-5H3,(H,27,30)(H,28,32)/t13-,20-/m0/s1. The molecule has 0 radical (unpaired) electrons. The van der Waals surface area contributed by atoms with Gasteiger partial charge in [0.2, 0.25) is 0 Å². The third-order valence-electron chi connectivity index (χ3n) is 4.95. The van der Waals surface area contributed by atoms with E-state index in [1.165, 1.54) is 30.3 Å². The molecule has 2 rings (SSSR count). The van der Waals surface area contributed by atoms with Crippen LogP contribution in [0.15, 0.2) is 36.4 Å². The predicted octanol–water partition coefficient (Wildman–Crippen LogP) is 6.00. The zero-order valence-corrected chi connectivity index (χ0v) is 21.9. The Hall–Kier alpha value is -3.37. The number of benzene rings is 2. The van der Waals surface area contributed by atoms with Gasteiger partial charge in [-0.15, -0.1) is 0 Å². The summed E-state index contributed by atoms with van der Waals surface area (Å²) in [6, 6.07) is 6.55. The number of alkyl carbamates (subject to hydrolysis) is 1. The number of hydrogen-bond donors (Lipinski definition) is 2. The van der Waals surface area contributed by atoms with Crippen molar-refractivity contribution in [3.63, 3.8) is 0 Å². The molecule has 194 valence electrons. The highest BCUT2D eigenvalue weighted by Gasteiger charge is 2.31. The Labute approximate surface area is 218 Å². The second-order valence-electron chi connectivity index (χ2n) is 8.95. The van der Waals surface area contributed by atoms with Crippen molar-refractivity contribution in [2.45, 2.75) is 52.7 Å². The average molecular weight is 540 g/mol. The molecule has 0 unspecified atom stereocenters. The van der Waals surface area contributed by atoms with Gasteiger partial charge in [0.05, 0.1) is 21.2 Å². The Kier molecular flexibility index (Phi) is 9.66. The van der Waals surface area contributed by atoms with Crippen molar-refractivity contribution < 1.29 is 28.8 Å². The minimum Gasteiger partial charge on any atom is -0.444 e. The first-order valence-electron chi connectivity index (χ1n) is 11.0. The number of ether oxygens (including phenoxy) is 2. The first-order chi connectivity index (χ1) is 16.7. The normalized spacial score (nSPS) is 12.8. The number of carbonyl (C=O) groups excluding carboxylic acids is 3. The van der Waals surface area contributed by atoms with E-state index in [-0.39, 0.29) is 38.7 Å². The number of amides is 2. The lowest BCUT2D eigenvalue weighted by Gasteiger charge is -2.25. The van der Waals surface area contributed by atoms with Gasteiger partial charge in [0.15, 0.2) is 0 Å². The van der Waals surface area contributed by atoms with Crippen LogP contribution in [0.2, 0.25) is 10.0 Å². The number of esters is 1. The zero-order valence-electron chi connectivity index (χ0n) is 20.4. The number of nitrogens with one attached hydrogen (secondary N) is 2. The van der Waals surface area contributed by atoms with E-state index in [2.05, 4.69) is 10.6 Å². The van der Waals surface area contributed by atoms with Gasteiger partial charge in [-0.1, -0.05) is 43.5 Å². The van der Waals surface area contributed by atoms with Crippen molar-refractivity contribution in [2.75, 3.05) is 5.32 Å². The number of nitrogens with zero attached hydrogens (tertiary/aromatic N) is 1. The fraction of sp³-hybridized carbons (Fsp3) is 0.375. The molecule has 0 saturated carbocycles. The maximum absolute atomic E-state index is 13.0. The van der Waals surface area contributed by atoms with Crippen LogP contribution in [-0.2, 0) is 9.53 Å². The fourth-order valence-electron chi connectivity index (χ4n) is 2.95. The van der Waals surface area contributed by atoms with Crippen LogP contribution in [0.5, 0.6) is 5.75 Å². The van der Waals surface area contributed by atoms with E-state index in [0.717, 1.165) is 6.07 Å². The van der Waals surface area contributed by atoms with Gasteiger partial charge in [0.1, 0.15) is 17.4 Å². The predicted molar refractivity (Wildman–Crippen MR) is 136 cm³/mol. The summed E-state index contributed by atoms with van der Waals surface area (Å²) in [5.41, 5.74) is -1.00. The molecule has 36 heavy (non-hydrogen) atoms. The number of carbonyl (C=O) groups is 3. The van der Waals surface area contributed by atoms with E-state index in [4.69, 9.17) is 32.7 Å². The molecule has 10 nitrogen and oxygen atoms in total. The van der Waals surface area contributed by atoms with Gasteiger partial charge < -0.3 is 20.1 Å². The molecule has 2 atom stereocenters. The van der Waals surface area contributed by atoms with Gasteiger partial charge in [-0.3, -0.25) is 14.9 Å². The topological polar surface area (TPSA) is 137 Å². The minimum atomic E-state index is -1.06. The third-order valence-corrected chi connectivity index (χ3v) is 5.50. The summed E-state index contributed by atoms with van der Waals surface area (Å²) in [5, 5.41) is 16.1. The second-order valence-corrected chi connectivity index (χ2v) is 9.79. The fourth-order valence-corrected chi connectivity index (χ4v) is 3.35. The molecule has 0 spiro atoms. The molecule has 0 bridgehead atoms. The number of halogens is 2. The molecule has 0 aliphatic heterocycles. The van der Waals surface area contributed by atoms with E-state index in [1.807, 2.05) is 6.92 Å². The lowest BCUT2D eigenvalue weighted by atomic mass is 9.99. The summed E-state index contributed by atoms with van der Waals surface area (Å²) in [6.07, 6.45) is -0.242. The Morgan fingerprint density at radius 2 is 1.78 bits per heavy atom. The molecule has 12 heteroatoms. The summed E-state index contributed by atoms with van der Waals surface area (Å²) >= 11 is 12.1. The van der Waals surface area contributed by atoms with Crippen molar-refractivity contribution in [3.8, 4) is 5.75 Å². The maximum atomic E-state index is 13.0. The molecule has 0 aliphatic carbocycles. The maximum Gasteiger partial charge on any atom is 0.408 e. The Bertz CT molecular complexity index is 1160. The number of nitro benzene ring substituents is 1. The Balaban J connectivity index is 2.29. The van der Waals surface area contributed by atoms with Crippen LogP contribution < -0.4 is 15.4 Å². The lowest BCUT2D eigenvalue weighted by molar-refractivity contribution is -0.384. The van der Waals surface area contributed by atoms with Crippen LogP contribution in [-0.4, -0.2) is 34.5 Å². The Morgan fingerprint density at radius 3 is 2.33 bits per heavy atom. The van der Waals surface area contributed by atoms with Crippen molar-refractivity contribution in [2.24, 2.45) is 5.92 Å². The van der Waals surface area contributed by atoms with E-state index >= 15 is 0 Å². The van der Waals surface area contributed by atoms with Crippen molar-refractivity contribution in [1.29, 1.82) is 0 Å². The van der Waals surface area contributed by atoms with E-state index in [0.29, 0.717) is 6.42 Å². The molecule has 0 aliphatic rings. The van der Waals surface area contributed by atoms with Gasteiger partial charge in [0.25, 0.3) is 11.6 Å². The van der Waals surface area contributed by atoms with Crippen molar-refractivity contribution in [1.82, 2.24) is 5.32 Å². The third kappa shape index (κ3) is 8.10. The smallest absolute Gasteiger partial charge is 0.408 e. The highest BCUT2D eigenvalue weighted by atomic mass is 35.5. The lowest BCUT2D eigenvalue weighted by Crippen LogP contribution is -2.48. The Morgan fingerprint density at radius 1 is 1.11 bits per heavy atom. The number of nitro groups is 1. The molecule has 0 saturated heterocycles. The van der Waals surface area contributed by atoms with Crippen LogP contribution in [0.25, 0.3) is 0 Å². The van der Waals surface area contributed by atoms with Crippen LogP contribution >= 0.6 is 23.2 Å². The number of non-ortho nitro benzene ring substituents is 1. The summed E-state index contributed by atoms with van der Waals surface area (Å²) in [7, 11) is 0. The molecule has 2 amide bonds. The molecule has 2 aromatic carbocycles. The van der Waals surface area contributed by atoms with Gasteiger partial charge in [0, 0.05) is 17.2 Å². The van der Waals surface area contributed by atoms with Gasteiger partial charge >= 0.3 is 12.1 Å². The van der Waals surface area contributed by atoms with Crippen molar-refractivity contribution >= 4 is 52.5 Å². The minimum absolute atomic E-state index is 0.0588. The number of anilines is 1. The molecule has 2 aromatic rings. The average Bonchev–Trinajstić information content (AvgIpc) is 2.77. The molecular weight excluding hydrogens is 513 g/mol. The molecular formula is C24H27Cl2N3O7. The van der Waals surface area contributed by atoms with Gasteiger partial charge in [-0.2, -0.15) is 0 Å². The first-order valence-corrected chi connectivity index (χ1v) is 11.7. The van der Waals surface area contributed by atoms with Gasteiger partial charge in [-0.05, 0) is 51.0 Å². The molecule has 0 aromatic heterocycles. The molecule has 0 fully saturated rings. The second kappa shape index (κ2) is 12.0.